The summed E-state index contributed by atoms with van der Waals surface area (Å²) in [6.07, 6.45) is -8.47. The zero-order chi connectivity index (χ0) is 60.7. The number of benzene rings is 5. The Morgan fingerprint density at radius 2 is 1.04 bits per heavy atom. The van der Waals surface area contributed by atoms with E-state index < -0.39 is 41.2 Å². The van der Waals surface area contributed by atoms with Gasteiger partial charge in [-0.25, -0.2) is 20.0 Å². The van der Waals surface area contributed by atoms with E-state index in [-0.39, 0.29) is 109 Å². The molecule has 5 heterocycles. The standard InChI is InChI=1S/C26H16F6N2O3.C17H12O3.C10H8F3N.C4H8O.CHO3.CO2.2Ag/c1-13-5-15(9-17(7-13)25(27,28)29)21-23(35-11-33-21)19-3-4-20(37-19)24-22(34-12-36-24)16-6-14(2)8-18(10-16)26(30,31)32;18-17(19-14-9-5-2-6-10-14)16-12-11-15(20-16)13-7-3-1-4-8-13;1-7-4-8(2-3-14)6-9(5-7)10(11,12)13;1-2-4-5-3-1;2-1-4-3;2-1-3;;/h3-12H,1-2H3;1-12H;4-6H,2H2,1H3;1-4H2;3H;;;/q;;;;-1;;;+1. The molecule has 1 N–H and O–H groups in total. The van der Waals surface area contributed by atoms with Crippen molar-refractivity contribution < 1.29 is 141 Å². The molecule has 4 aromatic heterocycles. The first-order valence-corrected chi connectivity index (χ1v) is 24.1. The van der Waals surface area contributed by atoms with Gasteiger partial charge in [-0.2, -0.15) is 54.4 Å². The zero-order valence-corrected chi connectivity index (χ0v) is 47.2. The summed E-state index contributed by atoms with van der Waals surface area (Å²) in [7, 11) is 0. The number of ether oxygens (including phenoxy) is 2. The van der Waals surface area contributed by atoms with E-state index in [0.717, 1.165) is 74.4 Å². The first-order valence-electron chi connectivity index (χ1n) is 24.1. The molecular weight excluding hydrogens is 1330 g/mol. The fourth-order valence-electron chi connectivity index (χ4n) is 7.58. The van der Waals surface area contributed by atoms with E-state index in [4.69, 9.17) is 52.0 Å². The predicted octanol–water partition coefficient (Wildman–Crippen LogP) is 15.6. The van der Waals surface area contributed by atoms with Crippen molar-refractivity contribution in [3.8, 4) is 68.7 Å². The largest absolute Gasteiger partial charge is 1.00 e. The molecule has 1 aliphatic rings. The predicted molar refractivity (Wildman–Crippen MR) is 276 cm³/mol. The number of esters is 1. The van der Waals surface area contributed by atoms with Crippen LogP contribution in [0.15, 0.2) is 170 Å². The Balaban J connectivity index is 0.000000329. The molecule has 15 nitrogen and oxygen atoms in total. The summed E-state index contributed by atoms with van der Waals surface area (Å²) < 4.78 is 149. The first-order chi connectivity index (χ1) is 39.5. The minimum atomic E-state index is -4.55. The van der Waals surface area contributed by atoms with Crippen molar-refractivity contribution in [2.75, 3.05) is 13.2 Å². The summed E-state index contributed by atoms with van der Waals surface area (Å²) >= 11 is 0. The Labute approximate surface area is 509 Å². The third-order valence-electron chi connectivity index (χ3n) is 11.0. The van der Waals surface area contributed by atoms with E-state index in [1.54, 1.807) is 49.4 Å². The van der Waals surface area contributed by atoms with Crippen LogP contribution in [-0.2, 0) is 93.7 Å². The summed E-state index contributed by atoms with van der Waals surface area (Å²) in [5.74, 6) is 1.22. The topological polar surface area (TPSA) is 218 Å². The fraction of sp³-hybridized carbons (Fsp3) is 0.186. The first kappa shape index (κ1) is 70.9. The quantitative estimate of drug-likeness (QED) is 0.0270. The summed E-state index contributed by atoms with van der Waals surface area (Å²) in [5.41, 5.74) is 0.839. The fourth-order valence-corrected chi connectivity index (χ4v) is 7.58. The van der Waals surface area contributed by atoms with Crippen LogP contribution in [0.5, 0.6) is 5.75 Å². The Hall–Kier alpha value is -8.34. The van der Waals surface area contributed by atoms with Crippen LogP contribution in [0.2, 0.25) is 0 Å². The van der Waals surface area contributed by atoms with Gasteiger partial charge in [-0.3, -0.25) is 0 Å². The molecule has 0 saturated carbocycles. The van der Waals surface area contributed by atoms with Crippen LogP contribution in [0.3, 0.4) is 0 Å². The van der Waals surface area contributed by atoms with Crippen LogP contribution < -0.4 is 4.74 Å². The molecule has 0 bridgehead atoms. The van der Waals surface area contributed by atoms with Crippen LogP contribution in [0, 0.1) is 32.1 Å². The summed E-state index contributed by atoms with van der Waals surface area (Å²) in [6.45, 7) is 7.38. The SMILES string of the molecule is C1CCOC1.Cc1cc(-c2ncoc2-c2ccc(-c3ocnc3-c3cc(C)cc(C(F)(F)F)c3)o2)cc(C(F)(F)F)c1.Cc1cc(CC#N)cc(C(F)(F)F)c1.O=C(Oc1ccccc1)c1ccc(-c2ccccc2)o1.O=C=O.O=[C-]OO.[Ag+].[Ag]. The Morgan fingerprint density at radius 3 is 1.45 bits per heavy atom. The van der Waals surface area contributed by atoms with Gasteiger partial charge in [0.2, 0.25) is 5.76 Å². The Morgan fingerprint density at radius 1 is 0.612 bits per heavy atom. The molecule has 0 spiro atoms. The van der Waals surface area contributed by atoms with E-state index in [9.17, 15) is 44.3 Å². The van der Waals surface area contributed by atoms with Crippen LogP contribution in [0.4, 0.5) is 39.5 Å². The molecule has 453 valence electrons. The van der Waals surface area contributed by atoms with Crippen LogP contribution in [-0.4, -0.2) is 47.0 Å². The van der Waals surface area contributed by atoms with Gasteiger partial charge in [-0.05, 0) is 142 Å². The molecule has 10 rings (SSSR count). The van der Waals surface area contributed by atoms with E-state index in [2.05, 4.69) is 14.9 Å². The molecule has 5 aromatic carbocycles. The number of halogens is 9. The number of oxazole rings is 2. The van der Waals surface area contributed by atoms with Crippen LogP contribution >= 0.6 is 0 Å². The molecule has 85 heavy (non-hydrogen) atoms. The monoisotopic (exact) mass is 1370 g/mol. The average Bonchev–Trinajstić information content (AvgIpc) is 3.36. The van der Waals surface area contributed by atoms with Crippen molar-refractivity contribution in [3.05, 3.63) is 197 Å². The number of carbonyl (C=O) groups is 1. The van der Waals surface area contributed by atoms with Crippen molar-refractivity contribution in [1.82, 2.24) is 9.97 Å². The molecular formula is C59H45Ag2F9N3O12. The number of carbonyl (C=O) groups excluding carboxylic acids is 4. The molecule has 0 atom stereocenters. The zero-order valence-electron chi connectivity index (χ0n) is 44.3. The molecule has 9 aromatic rings. The second-order valence-corrected chi connectivity index (χ2v) is 17.2. The van der Waals surface area contributed by atoms with E-state index in [0.29, 0.717) is 33.8 Å². The van der Waals surface area contributed by atoms with Crippen molar-refractivity contribution >= 4 is 18.6 Å². The number of nitrogens with zero attached hydrogens (tertiary/aromatic N) is 3. The van der Waals surface area contributed by atoms with E-state index in [1.807, 2.05) is 42.5 Å². The van der Waals surface area contributed by atoms with Gasteiger partial charge in [0.25, 0.3) is 0 Å². The molecule has 1 saturated heterocycles. The second kappa shape index (κ2) is 33.8. The molecule has 1 radical (unpaired) electrons. The van der Waals surface area contributed by atoms with Crippen molar-refractivity contribution in [1.29, 1.82) is 5.26 Å². The molecule has 0 unspecified atom stereocenters. The number of rotatable bonds is 9. The van der Waals surface area contributed by atoms with E-state index >= 15 is 0 Å². The minimum Gasteiger partial charge on any atom is -0.509 e. The molecule has 0 aliphatic carbocycles. The van der Waals surface area contributed by atoms with Gasteiger partial charge in [0.05, 0.1) is 29.2 Å². The van der Waals surface area contributed by atoms with E-state index in [1.165, 1.54) is 51.0 Å². The van der Waals surface area contributed by atoms with Crippen molar-refractivity contribution in [2.45, 2.75) is 58.6 Å². The van der Waals surface area contributed by atoms with Crippen molar-refractivity contribution in [2.24, 2.45) is 0 Å². The van der Waals surface area contributed by atoms with Gasteiger partial charge in [0.15, 0.2) is 35.8 Å². The number of alkyl halides is 9. The normalized spacial score (nSPS) is 11.3. The number of para-hydroxylation sites is 1. The van der Waals surface area contributed by atoms with Gasteiger partial charge >= 0.3 is 53.0 Å². The summed E-state index contributed by atoms with van der Waals surface area (Å²) in [6, 6.07) is 37.4. The number of hydrogen-bond acceptors (Lipinski definition) is 15. The van der Waals surface area contributed by atoms with Gasteiger partial charge in [-0.15, -0.1) is 0 Å². The third kappa shape index (κ3) is 22.0. The second-order valence-electron chi connectivity index (χ2n) is 17.2. The Bertz CT molecular complexity index is 3480. The maximum absolute atomic E-state index is 13.3. The number of aromatic nitrogens is 2. The smallest absolute Gasteiger partial charge is 0.509 e. The third-order valence-corrected chi connectivity index (χ3v) is 11.0. The Kier molecular flexibility index (Phi) is 28.2. The molecule has 26 heteroatoms. The van der Waals surface area contributed by atoms with Gasteiger partial charge in [-0.1, -0.05) is 60.2 Å². The maximum Gasteiger partial charge on any atom is 1.00 e. The molecule has 0 amide bonds. The average molecular weight is 1370 g/mol. The maximum atomic E-state index is 13.3. The number of hydrogen-bond donors (Lipinski definition) is 1. The number of nitriles is 1. The minimum absolute atomic E-state index is 0. The van der Waals surface area contributed by atoms with Gasteiger partial charge in [0.1, 0.15) is 22.9 Å². The van der Waals surface area contributed by atoms with Gasteiger partial charge in [0, 0.05) is 52.3 Å². The summed E-state index contributed by atoms with van der Waals surface area (Å²) in [5, 5.41) is 15.3. The van der Waals surface area contributed by atoms with Crippen LogP contribution in [0.1, 0.15) is 62.3 Å². The van der Waals surface area contributed by atoms with Crippen molar-refractivity contribution in [3.63, 3.8) is 0 Å². The molecule has 1 aliphatic heterocycles. The number of furan rings is 2. The molecule has 1 fully saturated rings. The van der Waals surface area contributed by atoms with Gasteiger partial charge < -0.3 is 36.8 Å². The summed E-state index contributed by atoms with van der Waals surface area (Å²) in [4.78, 5) is 47.6. The van der Waals surface area contributed by atoms with Crippen LogP contribution in [0.25, 0.3) is 56.9 Å². The number of aryl methyl sites for hydroxylation is 3.